The van der Waals surface area contributed by atoms with Gasteiger partial charge in [0, 0.05) is 22.3 Å². The van der Waals surface area contributed by atoms with E-state index in [0.717, 1.165) is 11.0 Å². The molecule has 0 aliphatic carbocycles. The van der Waals surface area contributed by atoms with Crippen LogP contribution in [0.4, 0.5) is 16.2 Å². The van der Waals surface area contributed by atoms with Gasteiger partial charge in [-0.2, -0.15) is 0 Å². The number of ether oxygens (including phenoxy) is 1. The third kappa shape index (κ3) is 5.39. The standard InChI is InChI=1S/C20H15Cl2N3O6S/c1-2-31-13-5-3-12(4-6-13)23-18(26)10-24-19(27)17(32-20(24)28)8-11-7-16(25(29)30)15(22)9-14(11)21/h3-9H,2,10H2,1H3,(H,23,26)/b17-8-. The fourth-order valence-corrected chi connectivity index (χ4v) is 4.06. The van der Waals surface area contributed by atoms with Crippen LogP contribution >= 0.6 is 35.0 Å². The highest BCUT2D eigenvalue weighted by Gasteiger charge is 2.36. The molecule has 1 fully saturated rings. The van der Waals surface area contributed by atoms with Crippen molar-refractivity contribution in [1.82, 2.24) is 4.90 Å². The lowest BCUT2D eigenvalue weighted by molar-refractivity contribution is -0.384. The number of nitrogens with one attached hydrogen (secondary N) is 1. The Bertz CT molecular complexity index is 1140. The van der Waals surface area contributed by atoms with E-state index in [9.17, 15) is 24.5 Å². The fourth-order valence-electron chi connectivity index (χ4n) is 2.73. The Labute approximate surface area is 196 Å². The van der Waals surface area contributed by atoms with Crippen LogP contribution < -0.4 is 10.1 Å². The van der Waals surface area contributed by atoms with Gasteiger partial charge in [0.15, 0.2) is 0 Å². The Morgan fingerprint density at radius 2 is 1.91 bits per heavy atom. The van der Waals surface area contributed by atoms with Crippen molar-refractivity contribution < 1.29 is 24.0 Å². The Morgan fingerprint density at radius 1 is 1.22 bits per heavy atom. The van der Waals surface area contributed by atoms with Gasteiger partial charge in [-0.1, -0.05) is 23.2 Å². The zero-order valence-electron chi connectivity index (χ0n) is 16.5. The van der Waals surface area contributed by atoms with Gasteiger partial charge in [-0.25, -0.2) is 0 Å². The van der Waals surface area contributed by atoms with Crippen LogP contribution in [0.25, 0.3) is 6.08 Å². The number of benzene rings is 2. The summed E-state index contributed by atoms with van der Waals surface area (Å²) in [4.78, 5) is 48.4. The number of hydrogen-bond acceptors (Lipinski definition) is 7. The highest BCUT2D eigenvalue weighted by Crippen LogP contribution is 2.36. The number of carbonyl (C=O) groups excluding carboxylic acids is 3. The summed E-state index contributed by atoms with van der Waals surface area (Å²) in [6, 6.07) is 8.91. The second-order valence-electron chi connectivity index (χ2n) is 6.36. The molecule has 2 aromatic rings. The van der Waals surface area contributed by atoms with Crippen molar-refractivity contribution in [2.75, 3.05) is 18.5 Å². The van der Waals surface area contributed by atoms with E-state index in [1.54, 1.807) is 24.3 Å². The Hall–Kier alpha value is -3.08. The van der Waals surface area contributed by atoms with Crippen LogP contribution in [0.2, 0.25) is 10.0 Å². The van der Waals surface area contributed by atoms with E-state index in [2.05, 4.69) is 5.32 Å². The molecule has 0 unspecified atom stereocenters. The highest BCUT2D eigenvalue weighted by atomic mass is 35.5. The zero-order chi connectivity index (χ0) is 23.4. The average Bonchev–Trinajstić information content (AvgIpc) is 2.98. The number of halogens is 2. The molecule has 0 saturated carbocycles. The van der Waals surface area contributed by atoms with Crippen molar-refractivity contribution in [1.29, 1.82) is 0 Å². The van der Waals surface area contributed by atoms with Crippen LogP contribution in [0.1, 0.15) is 12.5 Å². The van der Waals surface area contributed by atoms with E-state index in [0.29, 0.717) is 29.8 Å². The van der Waals surface area contributed by atoms with Gasteiger partial charge in [-0.15, -0.1) is 0 Å². The number of rotatable bonds is 7. The van der Waals surface area contributed by atoms with Crippen molar-refractivity contribution in [2.45, 2.75) is 6.92 Å². The van der Waals surface area contributed by atoms with Gasteiger partial charge in [0.05, 0.1) is 16.4 Å². The molecule has 3 rings (SSSR count). The fraction of sp³-hybridized carbons (Fsp3) is 0.150. The molecule has 0 atom stereocenters. The summed E-state index contributed by atoms with van der Waals surface area (Å²) in [7, 11) is 0. The Balaban J connectivity index is 1.72. The first-order valence-corrected chi connectivity index (χ1v) is 10.7. The molecule has 0 radical (unpaired) electrons. The molecule has 9 nitrogen and oxygen atoms in total. The summed E-state index contributed by atoms with van der Waals surface area (Å²) in [5, 5.41) is 12.9. The van der Waals surface area contributed by atoms with Crippen molar-refractivity contribution >= 4 is 69.5 Å². The maximum Gasteiger partial charge on any atom is 0.294 e. The van der Waals surface area contributed by atoms with E-state index in [-0.39, 0.29) is 20.5 Å². The molecule has 166 valence electrons. The lowest BCUT2D eigenvalue weighted by Gasteiger charge is -2.12. The van der Waals surface area contributed by atoms with E-state index in [1.807, 2.05) is 6.92 Å². The minimum Gasteiger partial charge on any atom is -0.494 e. The lowest BCUT2D eigenvalue weighted by Crippen LogP contribution is -2.36. The van der Waals surface area contributed by atoms with Crippen LogP contribution in [0, 0.1) is 10.1 Å². The average molecular weight is 496 g/mol. The normalized spacial score (nSPS) is 14.7. The molecule has 2 aromatic carbocycles. The van der Waals surface area contributed by atoms with Crippen LogP contribution in [-0.4, -0.2) is 40.0 Å². The molecule has 1 heterocycles. The monoisotopic (exact) mass is 495 g/mol. The van der Waals surface area contributed by atoms with Crippen LogP contribution in [0.5, 0.6) is 5.75 Å². The topological polar surface area (TPSA) is 119 Å². The first-order valence-electron chi connectivity index (χ1n) is 9.11. The van der Waals surface area contributed by atoms with Gasteiger partial charge in [0.25, 0.3) is 16.8 Å². The summed E-state index contributed by atoms with van der Waals surface area (Å²) in [5.74, 6) is -0.643. The van der Waals surface area contributed by atoms with Gasteiger partial charge in [0.1, 0.15) is 17.3 Å². The first-order chi connectivity index (χ1) is 15.2. The lowest BCUT2D eigenvalue weighted by atomic mass is 10.2. The van der Waals surface area contributed by atoms with E-state index >= 15 is 0 Å². The quantitative estimate of drug-likeness (QED) is 0.326. The predicted molar refractivity (Wildman–Crippen MR) is 122 cm³/mol. The van der Waals surface area contributed by atoms with Crippen molar-refractivity contribution in [2.24, 2.45) is 0 Å². The molecular weight excluding hydrogens is 481 g/mol. The minimum atomic E-state index is -0.712. The summed E-state index contributed by atoms with van der Waals surface area (Å²) < 4.78 is 5.32. The third-order valence-corrected chi connectivity index (χ3v) is 5.71. The van der Waals surface area contributed by atoms with Crippen LogP contribution in [0.15, 0.2) is 41.3 Å². The molecule has 0 spiro atoms. The SMILES string of the molecule is CCOc1ccc(NC(=O)CN2C(=O)S/C(=C\c3cc([N+](=O)[O-])c(Cl)cc3Cl)C2=O)cc1. The second-order valence-corrected chi connectivity index (χ2v) is 8.16. The predicted octanol–water partition coefficient (Wildman–Crippen LogP) is 4.98. The number of thioether (sulfide) groups is 1. The van der Waals surface area contributed by atoms with Crippen molar-refractivity contribution in [3.8, 4) is 5.75 Å². The van der Waals surface area contributed by atoms with E-state index < -0.39 is 34.2 Å². The number of amides is 3. The Morgan fingerprint density at radius 3 is 2.53 bits per heavy atom. The van der Waals surface area contributed by atoms with Gasteiger partial charge < -0.3 is 10.1 Å². The second kappa shape index (κ2) is 10.0. The van der Waals surface area contributed by atoms with E-state index in [1.165, 1.54) is 12.1 Å². The summed E-state index contributed by atoms with van der Waals surface area (Å²) >= 11 is 12.5. The zero-order valence-corrected chi connectivity index (χ0v) is 18.8. The number of carbonyl (C=O) groups is 3. The number of anilines is 1. The molecule has 3 amide bonds. The third-order valence-electron chi connectivity index (χ3n) is 4.17. The first kappa shape index (κ1) is 23.6. The molecule has 12 heteroatoms. The molecule has 32 heavy (non-hydrogen) atoms. The highest BCUT2D eigenvalue weighted by molar-refractivity contribution is 8.18. The van der Waals surface area contributed by atoms with E-state index in [4.69, 9.17) is 27.9 Å². The molecule has 1 aliphatic heterocycles. The van der Waals surface area contributed by atoms with Crippen LogP contribution in [0.3, 0.4) is 0 Å². The minimum absolute atomic E-state index is 0.0256. The number of imide groups is 1. The largest absolute Gasteiger partial charge is 0.494 e. The molecule has 0 bridgehead atoms. The maximum absolute atomic E-state index is 12.6. The van der Waals surface area contributed by atoms with Gasteiger partial charge in [0.2, 0.25) is 5.91 Å². The molecular formula is C20H15Cl2N3O6S. The van der Waals surface area contributed by atoms with Gasteiger partial charge in [-0.3, -0.25) is 29.4 Å². The number of nitrogens with zero attached hydrogens (tertiary/aromatic N) is 2. The molecule has 1 aliphatic rings. The smallest absolute Gasteiger partial charge is 0.294 e. The Kier molecular flexibility index (Phi) is 7.39. The molecule has 0 aromatic heterocycles. The van der Waals surface area contributed by atoms with Crippen molar-refractivity contribution in [3.63, 3.8) is 0 Å². The van der Waals surface area contributed by atoms with Crippen LogP contribution in [-0.2, 0) is 9.59 Å². The number of nitro benzene ring substituents is 1. The molecule has 1 N–H and O–H groups in total. The summed E-state index contributed by atoms with van der Waals surface area (Å²) in [6.07, 6.45) is 1.25. The molecule has 1 saturated heterocycles. The van der Waals surface area contributed by atoms with Gasteiger partial charge in [-0.05, 0) is 55.1 Å². The summed E-state index contributed by atoms with van der Waals surface area (Å²) in [5.41, 5.74) is 0.226. The number of hydrogen-bond donors (Lipinski definition) is 1. The number of nitro groups is 1. The van der Waals surface area contributed by atoms with Gasteiger partial charge >= 0.3 is 0 Å². The van der Waals surface area contributed by atoms with Crippen molar-refractivity contribution in [3.05, 3.63) is 67.0 Å². The summed E-state index contributed by atoms with van der Waals surface area (Å²) in [6.45, 7) is 1.86. The maximum atomic E-state index is 12.6.